The zero-order valence-electron chi connectivity index (χ0n) is 18.5. The number of hydrogen-bond acceptors (Lipinski definition) is 5. The van der Waals surface area contributed by atoms with Crippen LogP contribution in [-0.4, -0.2) is 55.7 Å². The summed E-state index contributed by atoms with van der Waals surface area (Å²) >= 11 is 0. The summed E-state index contributed by atoms with van der Waals surface area (Å²) in [4.78, 5) is 46.3. The highest BCUT2D eigenvalue weighted by Crippen LogP contribution is 2.23. The van der Waals surface area contributed by atoms with E-state index in [1.807, 2.05) is 47.6 Å². The van der Waals surface area contributed by atoms with Crippen LogP contribution >= 0.6 is 0 Å². The van der Waals surface area contributed by atoms with Gasteiger partial charge in [0.15, 0.2) is 11.2 Å². The lowest BCUT2D eigenvalue weighted by Gasteiger charge is -2.35. The average Bonchev–Trinajstić information content (AvgIpc) is 3.16. The smallest absolute Gasteiger partial charge is 0.332 e. The van der Waals surface area contributed by atoms with E-state index in [2.05, 4.69) is 4.90 Å². The van der Waals surface area contributed by atoms with Crippen molar-refractivity contribution in [2.75, 3.05) is 31.1 Å². The standard InChI is InChI=1S/C22H28N6O3/c1-5-17(29)26-10-12-27(13-11-26)21-23-19-18(20(30)25(4)22(31)24(19)3)28(21)14-16-8-6-15(2)7-9-16/h6-9H,5,10-14H2,1-4H3. The van der Waals surface area contributed by atoms with Crippen molar-refractivity contribution in [2.24, 2.45) is 14.1 Å². The Hall–Kier alpha value is -3.36. The van der Waals surface area contributed by atoms with Crippen molar-refractivity contribution < 1.29 is 4.79 Å². The molecule has 4 rings (SSSR count). The first-order valence-electron chi connectivity index (χ1n) is 10.6. The number of aromatic nitrogens is 4. The summed E-state index contributed by atoms with van der Waals surface area (Å²) in [5.74, 6) is 0.793. The molecule has 0 bridgehead atoms. The van der Waals surface area contributed by atoms with E-state index in [0.29, 0.717) is 56.3 Å². The minimum atomic E-state index is -0.401. The minimum absolute atomic E-state index is 0.143. The number of hydrogen-bond donors (Lipinski definition) is 0. The van der Waals surface area contributed by atoms with E-state index in [1.165, 1.54) is 11.6 Å². The molecule has 31 heavy (non-hydrogen) atoms. The third kappa shape index (κ3) is 3.64. The topological polar surface area (TPSA) is 85.4 Å². The summed E-state index contributed by atoms with van der Waals surface area (Å²) in [6.45, 7) is 6.83. The predicted molar refractivity (Wildman–Crippen MR) is 120 cm³/mol. The Bertz CT molecular complexity index is 1240. The molecular formula is C22H28N6O3. The molecule has 2 aromatic heterocycles. The maximum atomic E-state index is 13.1. The monoisotopic (exact) mass is 424 g/mol. The van der Waals surface area contributed by atoms with Crippen molar-refractivity contribution in [3.8, 4) is 0 Å². The number of carbonyl (C=O) groups excluding carboxylic acids is 1. The third-order valence-electron chi connectivity index (χ3n) is 6.01. The SMILES string of the molecule is CCC(=O)N1CCN(c2nc3c(c(=O)n(C)c(=O)n3C)n2Cc2ccc(C)cc2)CC1. The fourth-order valence-corrected chi connectivity index (χ4v) is 4.08. The predicted octanol–water partition coefficient (Wildman–Crippen LogP) is 0.849. The zero-order chi connectivity index (χ0) is 22.3. The number of nitrogens with zero attached hydrogens (tertiary/aromatic N) is 6. The summed E-state index contributed by atoms with van der Waals surface area (Å²) in [5, 5.41) is 0. The molecule has 3 aromatic rings. The number of rotatable bonds is 4. The molecule has 0 atom stereocenters. The van der Waals surface area contributed by atoms with Gasteiger partial charge >= 0.3 is 5.69 Å². The lowest BCUT2D eigenvalue weighted by molar-refractivity contribution is -0.131. The van der Waals surface area contributed by atoms with Crippen molar-refractivity contribution in [3.63, 3.8) is 0 Å². The molecule has 0 unspecified atom stereocenters. The maximum Gasteiger partial charge on any atom is 0.332 e. The van der Waals surface area contributed by atoms with E-state index < -0.39 is 5.69 Å². The summed E-state index contributed by atoms with van der Waals surface area (Å²) in [5.41, 5.74) is 2.23. The molecule has 0 saturated carbocycles. The molecule has 1 aliphatic heterocycles. The molecule has 1 aromatic carbocycles. The number of fused-ring (bicyclic) bond motifs is 1. The van der Waals surface area contributed by atoms with Gasteiger partial charge in [0.05, 0.1) is 6.54 Å². The van der Waals surface area contributed by atoms with Gasteiger partial charge < -0.3 is 9.80 Å². The normalized spacial score (nSPS) is 14.5. The quantitative estimate of drug-likeness (QED) is 0.620. The maximum absolute atomic E-state index is 13.1. The summed E-state index contributed by atoms with van der Waals surface area (Å²) in [7, 11) is 3.12. The van der Waals surface area contributed by atoms with Crippen LogP contribution < -0.4 is 16.1 Å². The largest absolute Gasteiger partial charge is 0.339 e. The van der Waals surface area contributed by atoms with Crippen LogP contribution in [0, 0.1) is 6.92 Å². The van der Waals surface area contributed by atoms with Gasteiger partial charge in [-0.05, 0) is 12.5 Å². The molecule has 9 heteroatoms. The third-order valence-corrected chi connectivity index (χ3v) is 6.01. The van der Waals surface area contributed by atoms with Gasteiger partial charge in [-0.25, -0.2) is 4.79 Å². The lowest BCUT2D eigenvalue weighted by Crippen LogP contribution is -2.49. The first-order valence-corrected chi connectivity index (χ1v) is 10.6. The van der Waals surface area contributed by atoms with Crippen molar-refractivity contribution in [3.05, 3.63) is 56.2 Å². The molecule has 0 aliphatic carbocycles. The van der Waals surface area contributed by atoms with Crippen molar-refractivity contribution in [1.29, 1.82) is 0 Å². The first kappa shape index (κ1) is 20.9. The molecule has 1 amide bonds. The molecule has 3 heterocycles. The Balaban J connectivity index is 1.82. The van der Waals surface area contributed by atoms with Crippen molar-refractivity contribution in [1.82, 2.24) is 23.6 Å². The van der Waals surface area contributed by atoms with Gasteiger partial charge in [0.2, 0.25) is 11.9 Å². The molecule has 1 aliphatic rings. The Kier molecular flexibility index (Phi) is 5.43. The van der Waals surface area contributed by atoms with E-state index in [9.17, 15) is 14.4 Å². The van der Waals surface area contributed by atoms with Gasteiger partial charge in [0.1, 0.15) is 0 Å². The van der Waals surface area contributed by atoms with Crippen LogP contribution in [0.5, 0.6) is 0 Å². The first-order chi connectivity index (χ1) is 14.8. The van der Waals surface area contributed by atoms with Crippen LogP contribution in [0.3, 0.4) is 0 Å². The van der Waals surface area contributed by atoms with Gasteiger partial charge in [-0.2, -0.15) is 4.98 Å². The molecule has 0 radical (unpaired) electrons. The van der Waals surface area contributed by atoms with E-state index in [-0.39, 0.29) is 11.5 Å². The van der Waals surface area contributed by atoms with Crippen LogP contribution in [0.4, 0.5) is 5.95 Å². The Morgan fingerprint density at radius 1 is 1.00 bits per heavy atom. The van der Waals surface area contributed by atoms with E-state index in [1.54, 1.807) is 7.05 Å². The number of amides is 1. The van der Waals surface area contributed by atoms with Crippen LogP contribution in [-0.2, 0) is 25.4 Å². The van der Waals surface area contributed by atoms with Gasteiger partial charge in [0.25, 0.3) is 5.56 Å². The van der Waals surface area contributed by atoms with Gasteiger partial charge in [0, 0.05) is 46.7 Å². The highest BCUT2D eigenvalue weighted by molar-refractivity contribution is 5.77. The van der Waals surface area contributed by atoms with Crippen LogP contribution in [0.15, 0.2) is 33.9 Å². The molecule has 0 spiro atoms. The van der Waals surface area contributed by atoms with Crippen molar-refractivity contribution >= 4 is 23.0 Å². The molecule has 1 fully saturated rings. The number of imidazole rings is 1. The zero-order valence-corrected chi connectivity index (χ0v) is 18.5. The Morgan fingerprint density at radius 2 is 1.65 bits per heavy atom. The second-order valence-corrected chi connectivity index (χ2v) is 8.08. The second-order valence-electron chi connectivity index (χ2n) is 8.08. The van der Waals surface area contributed by atoms with Crippen LogP contribution in [0.1, 0.15) is 24.5 Å². The molecule has 9 nitrogen and oxygen atoms in total. The second kappa shape index (κ2) is 8.05. The fourth-order valence-electron chi connectivity index (χ4n) is 4.08. The molecule has 164 valence electrons. The molecule has 1 saturated heterocycles. The summed E-state index contributed by atoms with van der Waals surface area (Å²) in [6.07, 6.45) is 0.490. The van der Waals surface area contributed by atoms with Gasteiger partial charge in [-0.15, -0.1) is 0 Å². The average molecular weight is 425 g/mol. The van der Waals surface area contributed by atoms with E-state index in [4.69, 9.17) is 4.98 Å². The fraction of sp³-hybridized carbons (Fsp3) is 0.455. The number of carbonyl (C=O) groups is 1. The van der Waals surface area contributed by atoms with E-state index >= 15 is 0 Å². The minimum Gasteiger partial charge on any atom is -0.339 e. The highest BCUT2D eigenvalue weighted by atomic mass is 16.2. The van der Waals surface area contributed by atoms with E-state index in [0.717, 1.165) is 15.7 Å². The highest BCUT2D eigenvalue weighted by Gasteiger charge is 2.26. The van der Waals surface area contributed by atoms with Gasteiger partial charge in [-0.3, -0.25) is 23.3 Å². The number of aryl methyl sites for hydroxylation is 2. The Morgan fingerprint density at radius 3 is 2.26 bits per heavy atom. The molecular weight excluding hydrogens is 396 g/mol. The van der Waals surface area contributed by atoms with Gasteiger partial charge in [-0.1, -0.05) is 36.8 Å². The summed E-state index contributed by atoms with van der Waals surface area (Å²) < 4.78 is 4.44. The number of piperazine rings is 1. The Labute approximate surface area is 180 Å². The van der Waals surface area contributed by atoms with Crippen molar-refractivity contribution in [2.45, 2.75) is 26.8 Å². The molecule has 0 N–H and O–H groups in total. The summed E-state index contributed by atoms with van der Waals surface area (Å²) in [6, 6.07) is 8.15. The lowest BCUT2D eigenvalue weighted by atomic mass is 10.1. The van der Waals surface area contributed by atoms with Crippen LogP contribution in [0.25, 0.3) is 11.2 Å². The number of benzene rings is 1. The van der Waals surface area contributed by atoms with Crippen LogP contribution in [0.2, 0.25) is 0 Å². The number of anilines is 1.